The van der Waals surface area contributed by atoms with Crippen molar-refractivity contribution in [2.24, 2.45) is 0 Å². The summed E-state index contributed by atoms with van der Waals surface area (Å²) in [5.74, 6) is -0.100. The molecule has 26 heavy (non-hydrogen) atoms. The molecule has 0 amide bonds. The number of halogens is 2. The zero-order chi connectivity index (χ0) is 19.0. The Morgan fingerprint density at radius 2 is 1.92 bits per heavy atom. The maximum Gasteiger partial charge on any atom is 0.258 e. The minimum atomic E-state index is -0.456. The molecule has 0 atom stereocenters. The van der Waals surface area contributed by atoms with E-state index in [2.05, 4.69) is 10.1 Å². The van der Waals surface area contributed by atoms with Crippen molar-refractivity contribution in [3.8, 4) is 5.95 Å². The highest BCUT2D eigenvalue weighted by Crippen LogP contribution is 2.21. The Morgan fingerprint density at radius 3 is 2.50 bits per heavy atom. The van der Waals surface area contributed by atoms with E-state index in [1.54, 1.807) is 17.7 Å². The SMILES string of the molecule is CCc1c(C)nc(-n2nc(C)cc2C)n(Cc2c(F)cccc2Cl)c1=O. The van der Waals surface area contributed by atoms with Gasteiger partial charge in [0.25, 0.3) is 5.56 Å². The fourth-order valence-electron chi connectivity index (χ4n) is 3.07. The van der Waals surface area contributed by atoms with Gasteiger partial charge < -0.3 is 0 Å². The molecular weight excluding hydrogens is 355 g/mol. The summed E-state index contributed by atoms with van der Waals surface area (Å²) in [7, 11) is 0. The van der Waals surface area contributed by atoms with Crippen LogP contribution in [0, 0.1) is 26.6 Å². The number of hydrogen-bond acceptors (Lipinski definition) is 3. The Morgan fingerprint density at radius 1 is 1.19 bits per heavy atom. The number of benzene rings is 1. The first-order chi connectivity index (χ1) is 12.3. The van der Waals surface area contributed by atoms with E-state index in [9.17, 15) is 9.18 Å². The Balaban J connectivity index is 2.29. The third-order valence-electron chi connectivity index (χ3n) is 4.38. The first kappa shape index (κ1) is 18.3. The number of nitrogens with zero attached hydrogens (tertiary/aromatic N) is 4. The number of rotatable bonds is 4. The number of aryl methyl sites for hydroxylation is 3. The lowest BCUT2D eigenvalue weighted by Crippen LogP contribution is -2.31. The van der Waals surface area contributed by atoms with Gasteiger partial charge in [0.05, 0.1) is 17.9 Å². The highest BCUT2D eigenvalue weighted by atomic mass is 35.5. The van der Waals surface area contributed by atoms with Gasteiger partial charge in [0.15, 0.2) is 0 Å². The monoisotopic (exact) mass is 374 g/mol. The summed E-state index contributed by atoms with van der Waals surface area (Å²) >= 11 is 6.17. The van der Waals surface area contributed by atoms with Gasteiger partial charge in [-0.25, -0.2) is 14.1 Å². The van der Waals surface area contributed by atoms with Crippen LogP contribution in [0.25, 0.3) is 5.95 Å². The van der Waals surface area contributed by atoms with Gasteiger partial charge in [0.2, 0.25) is 5.95 Å². The minimum absolute atomic E-state index is 0.0156. The van der Waals surface area contributed by atoms with Crippen LogP contribution >= 0.6 is 11.6 Å². The van der Waals surface area contributed by atoms with Crippen LogP contribution in [0.5, 0.6) is 0 Å². The number of aromatic nitrogens is 4. The van der Waals surface area contributed by atoms with Crippen LogP contribution in [0.15, 0.2) is 29.1 Å². The van der Waals surface area contributed by atoms with E-state index in [1.807, 2.05) is 26.8 Å². The second-order valence-electron chi connectivity index (χ2n) is 6.26. The molecule has 1 aromatic carbocycles. The Bertz CT molecular complexity index is 1020. The lowest BCUT2D eigenvalue weighted by Gasteiger charge is -2.17. The van der Waals surface area contributed by atoms with E-state index >= 15 is 0 Å². The van der Waals surface area contributed by atoms with E-state index in [1.165, 1.54) is 16.7 Å². The van der Waals surface area contributed by atoms with Gasteiger partial charge in [-0.1, -0.05) is 24.6 Å². The maximum absolute atomic E-state index is 14.3. The van der Waals surface area contributed by atoms with E-state index in [0.29, 0.717) is 23.6 Å². The summed E-state index contributed by atoms with van der Waals surface area (Å²) in [5, 5.41) is 4.71. The molecule has 2 aromatic heterocycles. The topological polar surface area (TPSA) is 52.7 Å². The Labute approximate surface area is 156 Å². The molecule has 3 aromatic rings. The van der Waals surface area contributed by atoms with E-state index in [-0.39, 0.29) is 22.7 Å². The predicted molar refractivity (Wildman–Crippen MR) is 99.7 cm³/mol. The van der Waals surface area contributed by atoms with Gasteiger partial charge in [0.1, 0.15) is 5.82 Å². The maximum atomic E-state index is 14.3. The minimum Gasteiger partial charge on any atom is -0.272 e. The van der Waals surface area contributed by atoms with E-state index in [0.717, 1.165) is 11.4 Å². The van der Waals surface area contributed by atoms with Crippen LogP contribution in [0.4, 0.5) is 4.39 Å². The predicted octanol–water partition coefficient (Wildman–Crippen LogP) is 3.76. The second-order valence-corrected chi connectivity index (χ2v) is 6.67. The molecule has 0 bridgehead atoms. The fourth-order valence-corrected chi connectivity index (χ4v) is 3.29. The van der Waals surface area contributed by atoms with Gasteiger partial charge >= 0.3 is 0 Å². The molecule has 0 unspecified atom stereocenters. The van der Waals surface area contributed by atoms with Crippen LogP contribution in [0.2, 0.25) is 5.02 Å². The molecule has 0 aliphatic rings. The zero-order valence-corrected chi connectivity index (χ0v) is 15.9. The fraction of sp³-hybridized carbons (Fsp3) is 0.316. The van der Waals surface area contributed by atoms with Gasteiger partial charge in [0, 0.05) is 21.8 Å². The largest absolute Gasteiger partial charge is 0.272 e. The zero-order valence-electron chi connectivity index (χ0n) is 15.2. The van der Waals surface area contributed by atoms with Gasteiger partial charge in [-0.2, -0.15) is 5.10 Å². The lowest BCUT2D eigenvalue weighted by molar-refractivity contribution is 0.580. The third-order valence-corrected chi connectivity index (χ3v) is 4.73. The van der Waals surface area contributed by atoms with Crippen LogP contribution in [-0.2, 0) is 13.0 Å². The Hall–Kier alpha value is -2.47. The average molecular weight is 375 g/mol. The number of hydrogen-bond donors (Lipinski definition) is 0. The molecule has 7 heteroatoms. The first-order valence-corrected chi connectivity index (χ1v) is 8.78. The molecule has 0 radical (unpaired) electrons. The van der Waals surface area contributed by atoms with Gasteiger partial charge in [-0.05, 0) is 45.4 Å². The van der Waals surface area contributed by atoms with Crippen molar-refractivity contribution in [1.29, 1.82) is 0 Å². The lowest BCUT2D eigenvalue weighted by atomic mass is 10.1. The summed E-state index contributed by atoms with van der Waals surface area (Å²) in [5.41, 5.74) is 2.95. The molecule has 0 aliphatic carbocycles. The van der Waals surface area contributed by atoms with Crippen molar-refractivity contribution in [2.75, 3.05) is 0 Å². The third kappa shape index (κ3) is 3.17. The molecule has 3 rings (SSSR count). The molecule has 0 saturated heterocycles. The molecule has 5 nitrogen and oxygen atoms in total. The first-order valence-electron chi connectivity index (χ1n) is 8.40. The summed E-state index contributed by atoms with van der Waals surface area (Å²) < 4.78 is 17.4. The van der Waals surface area contributed by atoms with E-state index < -0.39 is 5.82 Å². The Kier molecular flexibility index (Phi) is 4.96. The molecule has 0 saturated carbocycles. The van der Waals surface area contributed by atoms with Crippen LogP contribution in [-0.4, -0.2) is 19.3 Å². The van der Waals surface area contributed by atoms with Crippen molar-refractivity contribution >= 4 is 11.6 Å². The van der Waals surface area contributed by atoms with Crippen molar-refractivity contribution in [2.45, 2.75) is 40.7 Å². The highest BCUT2D eigenvalue weighted by molar-refractivity contribution is 6.31. The molecule has 0 spiro atoms. The van der Waals surface area contributed by atoms with Crippen LogP contribution in [0.1, 0.15) is 35.1 Å². The van der Waals surface area contributed by atoms with Gasteiger partial charge in [-0.15, -0.1) is 0 Å². The summed E-state index contributed by atoms with van der Waals surface area (Å²) in [6, 6.07) is 6.38. The van der Waals surface area contributed by atoms with Crippen LogP contribution in [0.3, 0.4) is 0 Å². The molecule has 0 fully saturated rings. The quantitative estimate of drug-likeness (QED) is 0.698. The summed E-state index contributed by atoms with van der Waals surface area (Å²) in [4.78, 5) is 17.7. The smallest absolute Gasteiger partial charge is 0.258 e. The normalized spacial score (nSPS) is 11.2. The van der Waals surface area contributed by atoms with Crippen molar-refractivity contribution in [3.63, 3.8) is 0 Å². The standard InChI is InChI=1S/C19H20ClFN4O/c1-5-14-13(4)22-19(25-12(3)9-11(2)23-25)24(18(14)26)10-15-16(20)7-6-8-17(15)21/h6-9H,5,10H2,1-4H3. The molecule has 0 aliphatic heterocycles. The van der Waals surface area contributed by atoms with E-state index in [4.69, 9.17) is 11.6 Å². The summed E-state index contributed by atoms with van der Waals surface area (Å²) in [6.07, 6.45) is 0.542. The van der Waals surface area contributed by atoms with Crippen molar-refractivity contribution < 1.29 is 4.39 Å². The molecule has 2 heterocycles. The second kappa shape index (κ2) is 7.03. The van der Waals surface area contributed by atoms with Gasteiger partial charge in [-0.3, -0.25) is 9.36 Å². The molecule has 0 N–H and O–H groups in total. The highest BCUT2D eigenvalue weighted by Gasteiger charge is 2.19. The van der Waals surface area contributed by atoms with Crippen molar-refractivity contribution in [1.82, 2.24) is 19.3 Å². The van der Waals surface area contributed by atoms with Crippen LogP contribution < -0.4 is 5.56 Å². The molecular formula is C19H20ClFN4O. The summed E-state index contributed by atoms with van der Waals surface area (Å²) in [6.45, 7) is 7.44. The average Bonchev–Trinajstić information content (AvgIpc) is 2.91. The van der Waals surface area contributed by atoms with Crippen molar-refractivity contribution in [3.05, 3.63) is 73.7 Å². The molecule has 136 valence electrons.